The van der Waals surface area contributed by atoms with Crippen molar-refractivity contribution in [2.24, 2.45) is 0 Å². The number of carbonyl (C=O) groups is 1. The smallest absolute Gasteiger partial charge is 0.251 e. The molecule has 0 aliphatic rings. The van der Waals surface area contributed by atoms with Crippen LogP contribution in [0, 0.1) is 6.92 Å². The zero-order chi connectivity index (χ0) is 15.9. The third-order valence-electron chi connectivity index (χ3n) is 3.13. The molecule has 0 aliphatic carbocycles. The quantitative estimate of drug-likeness (QED) is 0.797. The topological polar surface area (TPSA) is 60.5 Å². The summed E-state index contributed by atoms with van der Waals surface area (Å²) in [5, 5.41) is 6.05. The second kappa shape index (κ2) is 7.79. The van der Waals surface area contributed by atoms with Crippen molar-refractivity contribution < 1.29 is 14.3 Å². The Morgan fingerprint density at radius 2 is 1.91 bits per heavy atom. The standard InChI is InChI=1S/C16H20N2O3S/c1-11-10-22-15(18-11)5-4-6-17-16(19)12-7-13(20-2)9-14(8-12)21-3/h7-10H,4-6H2,1-3H3,(H,17,19). The number of ether oxygens (including phenoxy) is 2. The van der Waals surface area contributed by atoms with Gasteiger partial charge in [0.1, 0.15) is 11.5 Å². The molecular weight excluding hydrogens is 300 g/mol. The third-order valence-corrected chi connectivity index (χ3v) is 4.16. The van der Waals surface area contributed by atoms with Crippen LogP contribution < -0.4 is 14.8 Å². The number of nitrogens with zero attached hydrogens (tertiary/aromatic N) is 1. The first-order chi connectivity index (χ1) is 10.6. The van der Waals surface area contributed by atoms with Gasteiger partial charge in [-0.3, -0.25) is 4.79 Å². The summed E-state index contributed by atoms with van der Waals surface area (Å²) in [6, 6.07) is 5.13. The fourth-order valence-electron chi connectivity index (χ4n) is 2.00. The van der Waals surface area contributed by atoms with Crippen LogP contribution in [0.1, 0.15) is 27.5 Å². The van der Waals surface area contributed by atoms with Crippen LogP contribution in [0.25, 0.3) is 0 Å². The summed E-state index contributed by atoms with van der Waals surface area (Å²) in [5.74, 6) is 1.07. The van der Waals surface area contributed by atoms with Gasteiger partial charge in [0.15, 0.2) is 0 Å². The summed E-state index contributed by atoms with van der Waals surface area (Å²) in [5.41, 5.74) is 1.58. The molecule has 0 spiro atoms. The second-order valence-corrected chi connectivity index (χ2v) is 5.79. The summed E-state index contributed by atoms with van der Waals surface area (Å²) in [4.78, 5) is 16.6. The van der Waals surface area contributed by atoms with Crippen molar-refractivity contribution >= 4 is 17.2 Å². The van der Waals surface area contributed by atoms with Crippen molar-refractivity contribution in [3.8, 4) is 11.5 Å². The molecule has 2 aromatic rings. The molecule has 0 radical (unpaired) electrons. The molecule has 1 N–H and O–H groups in total. The van der Waals surface area contributed by atoms with E-state index in [0.29, 0.717) is 23.6 Å². The first-order valence-corrected chi connectivity index (χ1v) is 7.92. The van der Waals surface area contributed by atoms with Gasteiger partial charge in [0.05, 0.1) is 19.2 Å². The maximum atomic E-state index is 12.2. The molecule has 1 aromatic carbocycles. The molecule has 0 fully saturated rings. The number of hydrogen-bond donors (Lipinski definition) is 1. The van der Waals surface area contributed by atoms with Gasteiger partial charge in [0, 0.05) is 35.7 Å². The van der Waals surface area contributed by atoms with E-state index in [4.69, 9.17) is 9.47 Å². The minimum absolute atomic E-state index is 0.132. The average molecular weight is 320 g/mol. The van der Waals surface area contributed by atoms with Crippen LogP contribution in [0.3, 0.4) is 0 Å². The van der Waals surface area contributed by atoms with E-state index in [1.807, 2.05) is 12.3 Å². The molecule has 1 heterocycles. The molecule has 1 amide bonds. The number of rotatable bonds is 7. The van der Waals surface area contributed by atoms with E-state index in [1.165, 1.54) is 0 Å². The Morgan fingerprint density at radius 3 is 2.45 bits per heavy atom. The van der Waals surface area contributed by atoms with Crippen LogP contribution in [-0.4, -0.2) is 31.7 Å². The molecule has 0 saturated heterocycles. The van der Waals surface area contributed by atoms with E-state index in [2.05, 4.69) is 10.3 Å². The Balaban J connectivity index is 1.86. The van der Waals surface area contributed by atoms with E-state index in [0.717, 1.165) is 23.5 Å². The number of hydrogen-bond acceptors (Lipinski definition) is 5. The van der Waals surface area contributed by atoms with Crippen molar-refractivity contribution in [3.63, 3.8) is 0 Å². The van der Waals surface area contributed by atoms with Gasteiger partial charge < -0.3 is 14.8 Å². The maximum Gasteiger partial charge on any atom is 0.251 e. The Bertz CT molecular complexity index is 618. The molecule has 5 nitrogen and oxygen atoms in total. The minimum atomic E-state index is -0.132. The highest BCUT2D eigenvalue weighted by Crippen LogP contribution is 2.22. The number of amides is 1. The number of benzene rings is 1. The van der Waals surface area contributed by atoms with E-state index in [1.54, 1.807) is 43.8 Å². The van der Waals surface area contributed by atoms with Gasteiger partial charge in [-0.1, -0.05) is 0 Å². The van der Waals surface area contributed by atoms with Crippen LogP contribution >= 0.6 is 11.3 Å². The monoisotopic (exact) mass is 320 g/mol. The lowest BCUT2D eigenvalue weighted by Gasteiger charge is -2.09. The lowest BCUT2D eigenvalue weighted by molar-refractivity contribution is 0.0952. The molecule has 0 aliphatic heterocycles. The van der Waals surface area contributed by atoms with E-state index < -0.39 is 0 Å². The predicted octanol–water partition coefficient (Wildman–Crippen LogP) is 2.83. The fourth-order valence-corrected chi connectivity index (χ4v) is 2.82. The van der Waals surface area contributed by atoms with Crippen LogP contribution in [0.4, 0.5) is 0 Å². The summed E-state index contributed by atoms with van der Waals surface area (Å²) < 4.78 is 10.3. The Labute approximate surface area is 134 Å². The molecule has 118 valence electrons. The molecule has 22 heavy (non-hydrogen) atoms. The van der Waals surface area contributed by atoms with Crippen molar-refractivity contribution in [1.82, 2.24) is 10.3 Å². The molecule has 0 bridgehead atoms. The normalized spacial score (nSPS) is 10.3. The number of thiazole rings is 1. The fraction of sp³-hybridized carbons (Fsp3) is 0.375. The third kappa shape index (κ3) is 4.46. The Morgan fingerprint density at radius 1 is 1.23 bits per heavy atom. The highest BCUT2D eigenvalue weighted by atomic mass is 32.1. The molecular formula is C16H20N2O3S. The Kier molecular flexibility index (Phi) is 5.77. The average Bonchev–Trinajstić information content (AvgIpc) is 2.96. The highest BCUT2D eigenvalue weighted by molar-refractivity contribution is 7.09. The zero-order valence-corrected chi connectivity index (χ0v) is 13.8. The van der Waals surface area contributed by atoms with E-state index in [9.17, 15) is 4.79 Å². The van der Waals surface area contributed by atoms with Crippen molar-refractivity contribution in [2.75, 3.05) is 20.8 Å². The van der Waals surface area contributed by atoms with Gasteiger partial charge >= 0.3 is 0 Å². The van der Waals surface area contributed by atoms with Crippen LogP contribution in [0.5, 0.6) is 11.5 Å². The van der Waals surface area contributed by atoms with E-state index in [-0.39, 0.29) is 5.91 Å². The SMILES string of the molecule is COc1cc(OC)cc(C(=O)NCCCc2nc(C)cs2)c1. The van der Waals surface area contributed by atoms with Gasteiger partial charge in [0.2, 0.25) is 0 Å². The maximum absolute atomic E-state index is 12.2. The van der Waals surface area contributed by atoms with Gasteiger partial charge in [-0.2, -0.15) is 0 Å². The molecule has 0 saturated carbocycles. The molecule has 0 unspecified atom stereocenters. The molecule has 1 aromatic heterocycles. The lowest BCUT2D eigenvalue weighted by atomic mass is 10.2. The first-order valence-electron chi connectivity index (χ1n) is 7.04. The van der Waals surface area contributed by atoms with Gasteiger partial charge in [-0.15, -0.1) is 11.3 Å². The highest BCUT2D eigenvalue weighted by Gasteiger charge is 2.09. The Hall–Kier alpha value is -2.08. The molecule has 2 rings (SSSR count). The van der Waals surface area contributed by atoms with Crippen molar-refractivity contribution in [2.45, 2.75) is 19.8 Å². The number of carbonyl (C=O) groups excluding carboxylic acids is 1. The van der Waals surface area contributed by atoms with Gasteiger partial charge in [0.25, 0.3) is 5.91 Å². The van der Waals surface area contributed by atoms with Crippen molar-refractivity contribution in [1.29, 1.82) is 0 Å². The number of methoxy groups -OCH3 is 2. The predicted molar refractivity (Wildman–Crippen MR) is 87.1 cm³/mol. The molecule has 6 heteroatoms. The van der Waals surface area contributed by atoms with Crippen LogP contribution in [-0.2, 0) is 6.42 Å². The summed E-state index contributed by atoms with van der Waals surface area (Å²) in [6.45, 7) is 2.59. The number of aromatic nitrogens is 1. The first kappa shape index (κ1) is 16.3. The summed E-state index contributed by atoms with van der Waals surface area (Å²) in [6.07, 6.45) is 1.74. The summed E-state index contributed by atoms with van der Waals surface area (Å²) >= 11 is 1.66. The van der Waals surface area contributed by atoms with Gasteiger partial charge in [-0.05, 0) is 25.5 Å². The zero-order valence-electron chi connectivity index (χ0n) is 13.0. The molecule has 0 atom stereocenters. The minimum Gasteiger partial charge on any atom is -0.497 e. The number of aryl methyl sites for hydroxylation is 2. The van der Waals surface area contributed by atoms with Crippen molar-refractivity contribution in [3.05, 3.63) is 39.8 Å². The lowest BCUT2D eigenvalue weighted by Crippen LogP contribution is -2.24. The van der Waals surface area contributed by atoms with Crippen LogP contribution in [0.2, 0.25) is 0 Å². The second-order valence-electron chi connectivity index (χ2n) is 4.84. The van der Waals surface area contributed by atoms with E-state index >= 15 is 0 Å². The largest absolute Gasteiger partial charge is 0.497 e. The van der Waals surface area contributed by atoms with Gasteiger partial charge in [-0.25, -0.2) is 4.98 Å². The van der Waals surface area contributed by atoms with Crippen LogP contribution in [0.15, 0.2) is 23.6 Å². The summed E-state index contributed by atoms with van der Waals surface area (Å²) in [7, 11) is 3.12. The number of nitrogens with one attached hydrogen (secondary N) is 1.